The molecule has 0 unspecified atom stereocenters. The third-order valence-electron chi connectivity index (χ3n) is 4.63. The summed E-state index contributed by atoms with van der Waals surface area (Å²) in [5.41, 5.74) is 0.0456. The standard InChI is InChI=1S/C19H31N3O5S/c1-4-6-9-16(5-2)15-20-19(23)12-8-13-21(28(3,26)27)17-10-7-11-18(14-17)22(24)25/h7,10-11,14,16H,4-6,8-9,12-13,15H2,1-3H3,(H,20,23)/t16-/m0/s1. The third-order valence-corrected chi connectivity index (χ3v) is 5.82. The van der Waals surface area contributed by atoms with E-state index in [4.69, 9.17) is 0 Å². The van der Waals surface area contributed by atoms with E-state index in [-0.39, 0.29) is 30.2 Å². The van der Waals surface area contributed by atoms with Gasteiger partial charge in [-0.2, -0.15) is 0 Å². The molecule has 0 heterocycles. The van der Waals surface area contributed by atoms with Gasteiger partial charge in [0.25, 0.3) is 5.69 Å². The topological polar surface area (TPSA) is 110 Å². The molecule has 0 radical (unpaired) electrons. The van der Waals surface area contributed by atoms with Crippen LogP contribution in [-0.4, -0.2) is 38.6 Å². The number of hydrogen-bond acceptors (Lipinski definition) is 5. The molecular weight excluding hydrogens is 382 g/mol. The molecule has 158 valence electrons. The minimum absolute atomic E-state index is 0.0838. The zero-order chi connectivity index (χ0) is 21.2. The van der Waals surface area contributed by atoms with Gasteiger partial charge >= 0.3 is 0 Å². The summed E-state index contributed by atoms with van der Waals surface area (Å²) in [6.07, 6.45) is 5.94. The van der Waals surface area contributed by atoms with Crippen LogP contribution < -0.4 is 9.62 Å². The fourth-order valence-electron chi connectivity index (χ4n) is 2.92. The van der Waals surface area contributed by atoms with E-state index >= 15 is 0 Å². The van der Waals surface area contributed by atoms with Crippen molar-refractivity contribution in [2.24, 2.45) is 5.92 Å². The SMILES string of the molecule is CCCC[C@H](CC)CNC(=O)CCCN(c1cccc([N+](=O)[O-])c1)S(C)(=O)=O. The molecular formula is C19H31N3O5S. The van der Waals surface area contributed by atoms with Crippen LogP contribution in [0.1, 0.15) is 52.4 Å². The highest BCUT2D eigenvalue weighted by atomic mass is 32.2. The van der Waals surface area contributed by atoms with E-state index in [1.165, 1.54) is 24.3 Å². The Bertz CT molecular complexity index is 752. The highest BCUT2D eigenvalue weighted by Gasteiger charge is 2.20. The van der Waals surface area contributed by atoms with Gasteiger partial charge in [-0.25, -0.2) is 8.42 Å². The maximum absolute atomic E-state index is 12.1. The van der Waals surface area contributed by atoms with Crippen LogP contribution in [0.15, 0.2) is 24.3 Å². The highest BCUT2D eigenvalue weighted by molar-refractivity contribution is 7.92. The molecule has 0 saturated carbocycles. The Hall–Kier alpha value is -2.16. The number of benzene rings is 1. The van der Waals surface area contributed by atoms with Gasteiger partial charge in [-0.15, -0.1) is 0 Å². The van der Waals surface area contributed by atoms with Crippen molar-refractivity contribution in [3.8, 4) is 0 Å². The number of rotatable bonds is 13. The van der Waals surface area contributed by atoms with Crippen molar-refractivity contribution in [3.05, 3.63) is 34.4 Å². The fourth-order valence-corrected chi connectivity index (χ4v) is 3.88. The van der Waals surface area contributed by atoms with Crippen molar-refractivity contribution < 1.29 is 18.1 Å². The second-order valence-electron chi connectivity index (χ2n) is 6.94. The number of carbonyl (C=O) groups is 1. The van der Waals surface area contributed by atoms with Crippen LogP contribution in [0.5, 0.6) is 0 Å². The van der Waals surface area contributed by atoms with Crippen LogP contribution in [0.3, 0.4) is 0 Å². The first-order valence-electron chi connectivity index (χ1n) is 9.67. The lowest BCUT2D eigenvalue weighted by molar-refractivity contribution is -0.384. The molecule has 0 fully saturated rings. The number of carbonyl (C=O) groups excluding carboxylic acids is 1. The van der Waals surface area contributed by atoms with Crippen LogP contribution in [0.2, 0.25) is 0 Å². The van der Waals surface area contributed by atoms with Gasteiger partial charge in [-0.3, -0.25) is 19.2 Å². The molecule has 28 heavy (non-hydrogen) atoms. The van der Waals surface area contributed by atoms with Gasteiger partial charge in [-0.05, 0) is 24.8 Å². The first-order valence-corrected chi connectivity index (χ1v) is 11.5. The quantitative estimate of drug-likeness (QED) is 0.393. The van der Waals surface area contributed by atoms with Crippen molar-refractivity contribution in [1.82, 2.24) is 5.32 Å². The molecule has 0 saturated heterocycles. The smallest absolute Gasteiger partial charge is 0.271 e. The Balaban J connectivity index is 2.62. The van der Waals surface area contributed by atoms with Gasteiger partial charge in [0.05, 0.1) is 16.9 Å². The largest absolute Gasteiger partial charge is 0.356 e. The summed E-state index contributed by atoms with van der Waals surface area (Å²) in [5.74, 6) is 0.351. The summed E-state index contributed by atoms with van der Waals surface area (Å²) in [6, 6.07) is 5.48. The number of anilines is 1. The lowest BCUT2D eigenvalue weighted by atomic mass is 9.99. The zero-order valence-electron chi connectivity index (χ0n) is 16.9. The minimum Gasteiger partial charge on any atom is -0.356 e. The monoisotopic (exact) mass is 413 g/mol. The van der Waals surface area contributed by atoms with E-state index in [9.17, 15) is 23.3 Å². The molecule has 0 aliphatic carbocycles. The van der Waals surface area contributed by atoms with E-state index in [2.05, 4.69) is 19.2 Å². The van der Waals surface area contributed by atoms with Gasteiger partial charge in [0.2, 0.25) is 15.9 Å². The predicted octanol–water partition coefficient (Wildman–Crippen LogP) is 3.47. The van der Waals surface area contributed by atoms with Crippen molar-refractivity contribution in [1.29, 1.82) is 0 Å². The summed E-state index contributed by atoms with van der Waals surface area (Å²) in [7, 11) is -3.62. The molecule has 1 rings (SSSR count). The van der Waals surface area contributed by atoms with E-state index in [0.29, 0.717) is 18.9 Å². The van der Waals surface area contributed by atoms with Crippen LogP contribution in [0, 0.1) is 16.0 Å². The van der Waals surface area contributed by atoms with Crippen LogP contribution in [-0.2, 0) is 14.8 Å². The first kappa shape index (κ1) is 23.9. The highest BCUT2D eigenvalue weighted by Crippen LogP contribution is 2.23. The van der Waals surface area contributed by atoms with Crippen LogP contribution >= 0.6 is 0 Å². The molecule has 1 aromatic carbocycles. The molecule has 9 heteroatoms. The van der Waals surface area contributed by atoms with E-state index in [1.807, 2.05) is 0 Å². The Kier molecular flexibility index (Phi) is 9.92. The maximum Gasteiger partial charge on any atom is 0.271 e. The van der Waals surface area contributed by atoms with E-state index in [0.717, 1.165) is 36.2 Å². The first-order chi connectivity index (χ1) is 13.2. The molecule has 0 aliphatic rings. The van der Waals surface area contributed by atoms with Crippen LogP contribution in [0.4, 0.5) is 11.4 Å². The number of nitrogens with one attached hydrogen (secondary N) is 1. The Morgan fingerprint density at radius 2 is 2.00 bits per heavy atom. The van der Waals surface area contributed by atoms with Crippen molar-refractivity contribution in [3.63, 3.8) is 0 Å². The van der Waals surface area contributed by atoms with Crippen molar-refractivity contribution >= 4 is 27.3 Å². The number of nitro groups is 1. The molecule has 0 aliphatic heterocycles. The molecule has 1 amide bonds. The number of nitro benzene ring substituents is 1. The average molecular weight is 414 g/mol. The molecule has 0 aromatic heterocycles. The maximum atomic E-state index is 12.1. The lowest BCUT2D eigenvalue weighted by Crippen LogP contribution is -2.33. The summed E-state index contributed by atoms with van der Waals surface area (Å²) < 4.78 is 25.3. The summed E-state index contributed by atoms with van der Waals surface area (Å²) in [6.45, 7) is 4.96. The number of nitrogens with zero attached hydrogens (tertiary/aromatic N) is 2. The number of sulfonamides is 1. The Morgan fingerprint density at radius 3 is 2.57 bits per heavy atom. The molecule has 1 aromatic rings. The molecule has 1 N–H and O–H groups in total. The molecule has 8 nitrogen and oxygen atoms in total. The normalized spacial score (nSPS) is 12.4. The molecule has 1 atom stereocenters. The molecule has 0 bridgehead atoms. The predicted molar refractivity (Wildman–Crippen MR) is 111 cm³/mol. The lowest BCUT2D eigenvalue weighted by Gasteiger charge is -2.22. The number of non-ortho nitro benzene ring substituents is 1. The van der Waals surface area contributed by atoms with Gasteiger partial charge < -0.3 is 5.32 Å². The van der Waals surface area contributed by atoms with Gasteiger partial charge in [0.15, 0.2) is 0 Å². The Labute approximate surface area is 167 Å². The number of hydrogen-bond donors (Lipinski definition) is 1. The average Bonchev–Trinajstić information content (AvgIpc) is 2.64. The summed E-state index contributed by atoms with van der Waals surface area (Å²) in [4.78, 5) is 22.4. The fraction of sp³-hybridized carbons (Fsp3) is 0.632. The molecule has 0 spiro atoms. The van der Waals surface area contributed by atoms with Crippen molar-refractivity contribution in [2.75, 3.05) is 23.7 Å². The number of amides is 1. The summed E-state index contributed by atoms with van der Waals surface area (Å²) in [5, 5.41) is 13.9. The zero-order valence-corrected chi connectivity index (χ0v) is 17.7. The second-order valence-corrected chi connectivity index (χ2v) is 8.84. The summed E-state index contributed by atoms with van der Waals surface area (Å²) >= 11 is 0. The van der Waals surface area contributed by atoms with Gasteiger partial charge in [0.1, 0.15) is 0 Å². The van der Waals surface area contributed by atoms with Crippen LogP contribution in [0.25, 0.3) is 0 Å². The van der Waals surface area contributed by atoms with Gasteiger partial charge in [0, 0.05) is 31.6 Å². The third kappa shape index (κ3) is 8.24. The Morgan fingerprint density at radius 1 is 1.29 bits per heavy atom. The van der Waals surface area contributed by atoms with Crippen molar-refractivity contribution in [2.45, 2.75) is 52.4 Å². The van der Waals surface area contributed by atoms with E-state index < -0.39 is 14.9 Å². The minimum atomic E-state index is -3.62. The van der Waals surface area contributed by atoms with E-state index in [1.54, 1.807) is 0 Å². The second kappa shape index (κ2) is 11.6. The van der Waals surface area contributed by atoms with Gasteiger partial charge in [-0.1, -0.05) is 39.2 Å². The number of unbranched alkanes of at least 4 members (excludes halogenated alkanes) is 1.